The number of hydrogen-bond acceptors (Lipinski definition) is 7. The summed E-state index contributed by atoms with van der Waals surface area (Å²) in [5, 5.41) is 5.69. The van der Waals surface area contributed by atoms with Gasteiger partial charge in [-0.05, 0) is 80.6 Å². The van der Waals surface area contributed by atoms with Crippen molar-refractivity contribution in [2.75, 3.05) is 31.3 Å². The summed E-state index contributed by atoms with van der Waals surface area (Å²) in [7, 11) is 4.21. The first-order chi connectivity index (χ1) is 20.5. The molecule has 42 heavy (non-hydrogen) atoms. The summed E-state index contributed by atoms with van der Waals surface area (Å²) in [5.41, 5.74) is 11.4. The monoisotopic (exact) mass is 557 g/mol. The minimum absolute atomic E-state index is 0.379. The van der Waals surface area contributed by atoms with Crippen molar-refractivity contribution in [3.05, 3.63) is 110 Å². The van der Waals surface area contributed by atoms with Crippen LogP contribution in [-0.4, -0.2) is 51.3 Å². The quantitative estimate of drug-likeness (QED) is 0.188. The molecule has 0 saturated heterocycles. The Bertz CT molecular complexity index is 1720. The molecule has 0 unspecified atom stereocenters. The summed E-state index contributed by atoms with van der Waals surface area (Å²) >= 11 is 0. The molecule has 0 aliphatic heterocycles. The highest BCUT2D eigenvalue weighted by atomic mass is 16.5. The maximum absolute atomic E-state index is 6.37. The van der Waals surface area contributed by atoms with Crippen LogP contribution in [0.4, 0.5) is 11.5 Å². The van der Waals surface area contributed by atoms with Crippen LogP contribution in [0.1, 0.15) is 19.3 Å². The number of likely N-dealkylation sites (N-methyl/N-ethyl adjacent to an activating group) is 2. The van der Waals surface area contributed by atoms with Gasteiger partial charge in [0.25, 0.3) is 0 Å². The molecule has 212 valence electrons. The maximum atomic E-state index is 6.37. The molecule has 0 atom stereocenters. The Balaban J connectivity index is 1.26. The molecule has 2 heterocycles. The average Bonchev–Trinajstić information content (AvgIpc) is 3.38. The standard InChI is InChI=1S/C34H35N7O/c1-24(10-9-21-39(2)26-11-7-12-26)40(3)27-13-8-14-28(22-27)41-34-31(33(35)36-23-37-34)32(38-41)25-17-19-30(20-18-25)42-29-15-5-4-6-16-29/h4-6,8-10,13-20,22-23,26H,1,7,11-12,21H2,2-3H3,(H2,35,36,37)/b10-9+. The Morgan fingerprint density at radius 3 is 2.50 bits per heavy atom. The van der Waals surface area contributed by atoms with Crippen LogP contribution in [-0.2, 0) is 0 Å². The number of benzene rings is 3. The van der Waals surface area contributed by atoms with Crippen LogP contribution in [0.3, 0.4) is 0 Å². The number of para-hydroxylation sites is 1. The summed E-state index contributed by atoms with van der Waals surface area (Å²) in [6, 6.07) is 26.4. The van der Waals surface area contributed by atoms with Crippen LogP contribution in [0.5, 0.6) is 11.5 Å². The zero-order valence-corrected chi connectivity index (χ0v) is 24.0. The SMILES string of the molecule is C=C(/C=C/CN(C)C1CCC1)N(C)c1cccc(-n2nc(-c3ccc(Oc4ccccc4)cc3)c3c(N)ncnc32)c1. The van der Waals surface area contributed by atoms with Gasteiger partial charge in [-0.25, -0.2) is 14.6 Å². The number of ether oxygens (including phenoxy) is 1. The molecule has 1 aliphatic carbocycles. The van der Waals surface area contributed by atoms with Crippen molar-refractivity contribution in [1.29, 1.82) is 0 Å². The third-order valence-corrected chi connectivity index (χ3v) is 7.89. The Morgan fingerprint density at radius 1 is 1.00 bits per heavy atom. The van der Waals surface area contributed by atoms with Gasteiger partial charge >= 0.3 is 0 Å². The molecular formula is C34H35N7O. The van der Waals surface area contributed by atoms with E-state index in [1.807, 2.05) is 78.5 Å². The zero-order chi connectivity index (χ0) is 29.1. The minimum Gasteiger partial charge on any atom is -0.457 e. The molecule has 0 bridgehead atoms. The van der Waals surface area contributed by atoms with Crippen molar-refractivity contribution in [3.63, 3.8) is 0 Å². The first kappa shape index (κ1) is 27.2. The normalized spacial score (nSPS) is 13.5. The maximum Gasteiger partial charge on any atom is 0.169 e. The molecule has 8 nitrogen and oxygen atoms in total. The Morgan fingerprint density at radius 2 is 1.76 bits per heavy atom. The van der Waals surface area contributed by atoms with Crippen molar-refractivity contribution >= 4 is 22.5 Å². The van der Waals surface area contributed by atoms with Crippen molar-refractivity contribution in [2.45, 2.75) is 25.3 Å². The van der Waals surface area contributed by atoms with Crippen LogP contribution in [0.25, 0.3) is 28.0 Å². The lowest BCUT2D eigenvalue weighted by Gasteiger charge is -2.34. The molecule has 6 rings (SSSR count). The molecule has 1 saturated carbocycles. The van der Waals surface area contributed by atoms with Crippen LogP contribution >= 0.6 is 0 Å². The van der Waals surface area contributed by atoms with E-state index in [4.69, 9.17) is 15.6 Å². The summed E-state index contributed by atoms with van der Waals surface area (Å²) in [6.07, 6.45) is 9.68. The Kier molecular flexibility index (Phi) is 7.70. The van der Waals surface area contributed by atoms with Crippen molar-refractivity contribution in [2.24, 2.45) is 0 Å². The van der Waals surface area contributed by atoms with Gasteiger partial charge in [0.1, 0.15) is 29.3 Å². The molecule has 0 amide bonds. The highest BCUT2D eigenvalue weighted by Crippen LogP contribution is 2.34. The van der Waals surface area contributed by atoms with E-state index in [1.54, 1.807) is 0 Å². The smallest absolute Gasteiger partial charge is 0.169 e. The fourth-order valence-electron chi connectivity index (χ4n) is 5.10. The van der Waals surface area contributed by atoms with Crippen LogP contribution in [0, 0.1) is 0 Å². The van der Waals surface area contributed by atoms with E-state index < -0.39 is 0 Å². The first-order valence-electron chi connectivity index (χ1n) is 14.2. The van der Waals surface area contributed by atoms with E-state index in [1.165, 1.54) is 25.6 Å². The average molecular weight is 558 g/mol. The number of hydrogen-bond donors (Lipinski definition) is 1. The lowest BCUT2D eigenvalue weighted by molar-refractivity contribution is 0.175. The molecule has 8 heteroatoms. The second-order valence-corrected chi connectivity index (χ2v) is 10.7. The fraction of sp³-hybridized carbons (Fsp3) is 0.206. The third kappa shape index (κ3) is 5.62. The molecule has 2 aromatic heterocycles. The van der Waals surface area contributed by atoms with Crippen molar-refractivity contribution in [1.82, 2.24) is 24.6 Å². The highest BCUT2D eigenvalue weighted by Gasteiger charge is 2.21. The Hall–Kier alpha value is -4.95. The van der Waals surface area contributed by atoms with Gasteiger partial charge < -0.3 is 15.4 Å². The van der Waals surface area contributed by atoms with E-state index >= 15 is 0 Å². The Labute approximate surface area is 246 Å². The van der Waals surface area contributed by atoms with Gasteiger partial charge in [-0.15, -0.1) is 0 Å². The van der Waals surface area contributed by atoms with E-state index in [0.29, 0.717) is 28.6 Å². The summed E-state index contributed by atoms with van der Waals surface area (Å²) < 4.78 is 7.79. The van der Waals surface area contributed by atoms with Gasteiger partial charge in [0.15, 0.2) is 5.65 Å². The lowest BCUT2D eigenvalue weighted by atomic mass is 9.92. The molecule has 1 fully saturated rings. The highest BCUT2D eigenvalue weighted by molar-refractivity contribution is 5.99. The zero-order valence-electron chi connectivity index (χ0n) is 24.0. The number of nitrogen functional groups attached to an aromatic ring is 1. The summed E-state index contributed by atoms with van der Waals surface area (Å²) in [5.74, 6) is 1.89. The van der Waals surface area contributed by atoms with Gasteiger partial charge in [-0.3, -0.25) is 4.90 Å². The number of allylic oxidation sites excluding steroid dienone is 1. The van der Waals surface area contributed by atoms with Crippen LogP contribution in [0.2, 0.25) is 0 Å². The predicted molar refractivity (Wildman–Crippen MR) is 170 cm³/mol. The minimum atomic E-state index is 0.379. The van der Waals surface area contributed by atoms with Crippen LogP contribution in [0.15, 0.2) is 110 Å². The van der Waals surface area contributed by atoms with Gasteiger partial charge in [0.05, 0.1) is 11.1 Å². The molecule has 0 spiro atoms. The number of rotatable bonds is 10. The fourth-order valence-corrected chi connectivity index (χ4v) is 5.10. The predicted octanol–water partition coefficient (Wildman–Crippen LogP) is 6.85. The first-order valence-corrected chi connectivity index (χ1v) is 14.2. The summed E-state index contributed by atoms with van der Waals surface area (Å²) in [4.78, 5) is 13.3. The molecular weight excluding hydrogens is 522 g/mol. The molecule has 3 aromatic carbocycles. The topological polar surface area (TPSA) is 85.3 Å². The summed E-state index contributed by atoms with van der Waals surface area (Å²) in [6.45, 7) is 5.22. The van der Waals surface area contributed by atoms with Crippen molar-refractivity contribution in [3.8, 4) is 28.4 Å². The van der Waals surface area contributed by atoms with Crippen molar-refractivity contribution < 1.29 is 4.74 Å². The number of anilines is 2. The van der Waals surface area contributed by atoms with Gasteiger partial charge in [-0.2, -0.15) is 5.10 Å². The molecule has 2 N–H and O–H groups in total. The third-order valence-electron chi connectivity index (χ3n) is 7.89. The second kappa shape index (κ2) is 11.9. The molecule has 1 aliphatic rings. The molecule has 5 aromatic rings. The van der Waals surface area contributed by atoms with E-state index in [2.05, 4.69) is 57.7 Å². The van der Waals surface area contributed by atoms with Gasteiger partial charge in [0.2, 0.25) is 0 Å². The van der Waals surface area contributed by atoms with Gasteiger partial charge in [0, 0.05) is 36.6 Å². The lowest BCUT2D eigenvalue weighted by Crippen LogP contribution is -2.37. The van der Waals surface area contributed by atoms with E-state index in [9.17, 15) is 0 Å². The number of nitrogens with two attached hydrogens (primary N) is 1. The molecule has 0 radical (unpaired) electrons. The number of fused-ring (bicyclic) bond motifs is 1. The van der Waals surface area contributed by atoms with E-state index in [-0.39, 0.29) is 0 Å². The van der Waals surface area contributed by atoms with Crippen LogP contribution < -0.4 is 15.4 Å². The van der Waals surface area contributed by atoms with Gasteiger partial charge in [-0.1, -0.05) is 43.3 Å². The number of aromatic nitrogens is 4. The second-order valence-electron chi connectivity index (χ2n) is 10.7. The largest absolute Gasteiger partial charge is 0.457 e. The number of nitrogens with zero attached hydrogens (tertiary/aromatic N) is 6. The van der Waals surface area contributed by atoms with E-state index in [0.717, 1.165) is 40.7 Å².